The monoisotopic (exact) mass is 288 g/mol. The lowest BCUT2D eigenvalue weighted by molar-refractivity contribution is -0.149. The lowest BCUT2D eigenvalue weighted by atomic mass is 9.81. The summed E-state index contributed by atoms with van der Waals surface area (Å²) >= 11 is 0. The van der Waals surface area contributed by atoms with Crippen molar-refractivity contribution in [3.05, 3.63) is 0 Å². The third-order valence-electron chi connectivity index (χ3n) is 3.43. The number of carbonyl (C=O) groups excluding carboxylic acids is 2. The van der Waals surface area contributed by atoms with Crippen molar-refractivity contribution < 1.29 is 19.5 Å². The molecule has 0 radical (unpaired) electrons. The minimum Gasteiger partial charge on any atom is -0.480 e. The van der Waals surface area contributed by atoms with E-state index in [0.29, 0.717) is 6.42 Å². The molecule has 3 atom stereocenters. The maximum atomic E-state index is 12.2. The maximum Gasteiger partial charge on any atom is 0.331 e. The van der Waals surface area contributed by atoms with Crippen LogP contribution < -0.4 is 22.5 Å². The second kappa shape index (κ2) is 7.81. The van der Waals surface area contributed by atoms with Gasteiger partial charge in [-0.3, -0.25) is 4.79 Å². The second-order valence-corrected chi connectivity index (χ2v) is 4.95. The van der Waals surface area contributed by atoms with E-state index >= 15 is 0 Å². The minimum absolute atomic E-state index is 0.119. The van der Waals surface area contributed by atoms with Crippen LogP contribution in [0.1, 0.15) is 33.1 Å². The van der Waals surface area contributed by atoms with Gasteiger partial charge < -0.3 is 27.6 Å². The summed E-state index contributed by atoms with van der Waals surface area (Å²) in [6, 6.07) is -1.64. The fourth-order valence-electron chi connectivity index (χ4n) is 1.72. The summed E-state index contributed by atoms with van der Waals surface area (Å²) in [6.45, 7) is 3.76. The summed E-state index contributed by atoms with van der Waals surface area (Å²) in [7, 11) is 0. The fourth-order valence-corrected chi connectivity index (χ4v) is 1.72. The van der Waals surface area contributed by atoms with Crippen molar-refractivity contribution in [1.29, 1.82) is 0 Å². The van der Waals surface area contributed by atoms with Crippen LogP contribution in [0.15, 0.2) is 0 Å². The molecule has 0 aromatic carbocycles. The lowest BCUT2D eigenvalue weighted by Crippen LogP contribution is -2.61. The summed E-state index contributed by atoms with van der Waals surface area (Å²) in [6.07, 6.45) is 0.738. The molecule has 0 saturated carbocycles. The Morgan fingerprint density at radius 2 is 1.90 bits per heavy atom. The number of hydrogen-bond acceptors (Lipinski definition) is 5. The second-order valence-electron chi connectivity index (χ2n) is 4.95. The number of aliphatic carboxylic acids is 1. The Kier molecular flexibility index (Phi) is 7.16. The molecule has 2 amide bonds. The van der Waals surface area contributed by atoms with Gasteiger partial charge in [-0.05, 0) is 18.8 Å². The highest BCUT2D eigenvalue weighted by Crippen LogP contribution is 2.18. The summed E-state index contributed by atoms with van der Waals surface area (Å²) in [5, 5.41) is 11.5. The van der Waals surface area contributed by atoms with E-state index in [4.69, 9.17) is 17.2 Å². The van der Waals surface area contributed by atoms with Crippen LogP contribution in [-0.2, 0) is 9.59 Å². The van der Waals surface area contributed by atoms with E-state index in [1.807, 2.05) is 6.92 Å². The average molecular weight is 288 g/mol. The lowest BCUT2D eigenvalue weighted by Gasteiger charge is -2.28. The molecule has 0 heterocycles. The molecule has 0 aromatic rings. The molecule has 3 unspecified atom stereocenters. The third kappa shape index (κ3) is 4.78. The maximum absolute atomic E-state index is 12.2. The zero-order valence-electron chi connectivity index (χ0n) is 11.9. The van der Waals surface area contributed by atoms with Gasteiger partial charge >= 0.3 is 12.0 Å². The Morgan fingerprint density at radius 3 is 2.30 bits per heavy atom. The number of carbonyl (C=O) groups is 3. The van der Waals surface area contributed by atoms with Crippen molar-refractivity contribution in [1.82, 2.24) is 5.32 Å². The van der Waals surface area contributed by atoms with Crippen LogP contribution in [0.5, 0.6) is 0 Å². The van der Waals surface area contributed by atoms with E-state index in [1.165, 1.54) is 0 Å². The van der Waals surface area contributed by atoms with Crippen molar-refractivity contribution in [2.45, 2.75) is 44.7 Å². The molecule has 0 rings (SSSR count). The molecule has 0 aromatic heterocycles. The molecule has 20 heavy (non-hydrogen) atoms. The van der Waals surface area contributed by atoms with Gasteiger partial charge in [0.05, 0.1) is 6.04 Å². The smallest absolute Gasteiger partial charge is 0.331 e. The Bertz CT molecular complexity index is 374. The van der Waals surface area contributed by atoms with E-state index < -0.39 is 29.4 Å². The number of amides is 2. The number of carboxylic acids is 1. The van der Waals surface area contributed by atoms with E-state index in [9.17, 15) is 19.5 Å². The van der Waals surface area contributed by atoms with Crippen LogP contribution >= 0.6 is 0 Å². The fraction of sp³-hybridized carbons (Fsp3) is 0.750. The third-order valence-corrected chi connectivity index (χ3v) is 3.43. The number of Topliss-reactive ketones (excluding diaryl/α,β-unsaturated/α-hetero) is 1. The molecule has 0 aliphatic heterocycles. The van der Waals surface area contributed by atoms with E-state index in [-0.39, 0.29) is 25.3 Å². The molecule has 8 nitrogen and oxygen atoms in total. The van der Waals surface area contributed by atoms with Crippen LogP contribution in [0.4, 0.5) is 4.79 Å². The molecular weight excluding hydrogens is 264 g/mol. The molecule has 0 saturated heterocycles. The van der Waals surface area contributed by atoms with Gasteiger partial charge in [-0.25, -0.2) is 9.59 Å². The normalized spacial score (nSPS) is 16.8. The first kappa shape index (κ1) is 18.3. The number of carboxylic acid groups (broad SMARTS) is 1. The minimum atomic E-state index is -2.04. The van der Waals surface area contributed by atoms with Crippen molar-refractivity contribution in [3.8, 4) is 0 Å². The molecule has 116 valence electrons. The number of ketones is 1. The summed E-state index contributed by atoms with van der Waals surface area (Å²) in [5.74, 6) is -2.27. The van der Waals surface area contributed by atoms with Crippen molar-refractivity contribution in [2.75, 3.05) is 6.54 Å². The predicted octanol–water partition coefficient (Wildman–Crippen LogP) is -0.840. The first-order valence-electron chi connectivity index (χ1n) is 6.52. The van der Waals surface area contributed by atoms with Gasteiger partial charge in [0.15, 0.2) is 11.3 Å². The number of primary amides is 1. The van der Waals surface area contributed by atoms with Crippen molar-refractivity contribution in [2.24, 2.45) is 23.1 Å². The standard InChI is InChI=1S/C12H24N4O4/c1-3-7(2)8(13)9(17)12(15,10(18)19)5-4-6-16-11(14)20/h7-8H,3-6,13,15H2,1-2H3,(H,18,19)(H3,14,16,20). The quantitative estimate of drug-likeness (QED) is 0.274. The molecule has 0 bridgehead atoms. The van der Waals surface area contributed by atoms with Gasteiger partial charge in [0.2, 0.25) is 0 Å². The molecule has 0 aliphatic rings. The van der Waals surface area contributed by atoms with Crippen molar-refractivity contribution in [3.63, 3.8) is 0 Å². The van der Waals surface area contributed by atoms with Gasteiger partial charge in [0.1, 0.15) is 0 Å². The van der Waals surface area contributed by atoms with Crippen LogP contribution in [-0.4, -0.2) is 41.0 Å². The number of hydrogen-bond donors (Lipinski definition) is 5. The Balaban J connectivity index is 4.79. The van der Waals surface area contributed by atoms with Crippen LogP contribution in [0.2, 0.25) is 0 Å². The number of nitrogens with one attached hydrogen (secondary N) is 1. The molecule has 0 aliphatic carbocycles. The zero-order valence-corrected chi connectivity index (χ0v) is 11.9. The SMILES string of the molecule is CCC(C)C(N)C(=O)C(N)(CCCNC(N)=O)C(=O)O. The largest absolute Gasteiger partial charge is 0.480 e. The van der Waals surface area contributed by atoms with E-state index in [0.717, 1.165) is 0 Å². The van der Waals surface area contributed by atoms with Crippen LogP contribution in [0.3, 0.4) is 0 Å². The molecular formula is C12H24N4O4. The highest BCUT2D eigenvalue weighted by Gasteiger charge is 2.44. The number of nitrogens with two attached hydrogens (primary N) is 3. The number of rotatable bonds is 9. The topological polar surface area (TPSA) is 162 Å². The van der Waals surface area contributed by atoms with Gasteiger partial charge in [-0.2, -0.15) is 0 Å². The molecule has 8 heteroatoms. The molecule has 0 fully saturated rings. The van der Waals surface area contributed by atoms with Crippen molar-refractivity contribution >= 4 is 17.8 Å². The number of urea groups is 1. The first-order valence-corrected chi connectivity index (χ1v) is 6.52. The molecule has 8 N–H and O–H groups in total. The predicted molar refractivity (Wildman–Crippen MR) is 73.8 cm³/mol. The Hall–Kier alpha value is -1.67. The highest BCUT2D eigenvalue weighted by atomic mass is 16.4. The molecule has 0 spiro atoms. The van der Waals surface area contributed by atoms with Gasteiger partial charge in [-0.1, -0.05) is 20.3 Å². The zero-order chi connectivity index (χ0) is 15.9. The van der Waals surface area contributed by atoms with Crippen LogP contribution in [0.25, 0.3) is 0 Å². The summed E-state index contributed by atoms with van der Waals surface area (Å²) in [4.78, 5) is 34.0. The highest BCUT2D eigenvalue weighted by molar-refractivity contribution is 6.09. The van der Waals surface area contributed by atoms with E-state index in [2.05, 4.69) is 5.32 Å². The van der Waals surface area contributed by atoms with Gasteiger partial charge in [0, 0.05) is 6.54 Å². The Morgan fingerprint density at radius 1 is 1.35 bits per heavy atom. The average Bonchev–Trinajstić information content (AvgIpc) is 2.40. The summed E-state index contributed by atoms with van der Waals surface area (Å²) < 4.78 is 0. The van der Waals surface area contributed by atoms with Gasteiger partial charge in [0.25, 0.3) is 0 Å². The Labute approximate surface area is 118 Å². The summed E-state index contributed by atoms with van der Waals surface area (Å²) in [5.41, 5.74) is 14.3. The van der Waals surface area contributed by atoms with Gasteiger partial charge in [-0.15, -0.1) is 0 Å². The van der Waals surface area contributed by atoms with E-state index in [1.54, 1.807) is 6.92 Å². The first-order chi connectivity index (χ1) is 9.16. The van der Waals surface area contributed by atoms with Crippen LogP contribution in [0, 0.1) is 5.92 Å².